The Kier molecular flexibility index (Phi) is 8.36. The molecule has 1 aromatic rings. The number of halogens is 1. The number of hydrogen-bond donors (Lipinski definition) is 1. The first-order chi connectivity index (χ1) is 9.74. The maximum atomic E-state index is 13.3. The average Bonchev–Trinajstić information content (AvgIpc) is 2.44. The van der Waals surface area contributed by atoms with Crippen LogP contribution in [0.1, 0.15) is 51.4 Å². The highest BCUT2D eigenvalue weighted by atomic mass is 19.1. The fourth-order valence-electron chi connectivity index (χ4n) is 2.06. The van der Waals surface area contributed by atoms with Gasteiger partial charge < -0.3 is 5.32 Å². The largest absolute Gasteiger partial charge is 0.324 e. The van der Waals surface area contributed by atoms with Crippen LogP contribution >= 0.6 is 0 Å². The number of allylic oxidation sites excluding steroid dienone is 1. The van der Waals surface area contributed by atoms with Crippen molar-refractivity contribution >= 4 is 11.6 Å². The second-order valence-corrected chi connectivity index (χ2v) is 4.98. The molecular formula is C17H24FNO. The van der Waals surface area contributed by atoms with E-state index in [1.165, 1.54) is 25.3 Å². The second kappa shape index (κ2) is 10.2. The van der Waals surface area contributed by atoms with Crippen LogP contribution in [0.15, 0.2) is 36.9 Å². The van der Waals surface area contributed by atoms with E-state index in [1.807, 2.05) is 6.08 Å². The van der Waals surface area contributed by atoms with Crippen molar-refractivity contribution in [3.63, 3.8) is 0 Å². The predicted molar refractivity (Wildman–Crippen MR) is 82.2 cm³/mol. The molecule has 2 nitrogen and oxygen atoms in total. The van der Waals surface area contributed by atoms with Crippen LogP contribution in [0.2, 0.25) is 0 Å². The first-order valence-corrected chi connectivity index (χ1v) is 7.39. The molecule has 0 atom stereocenters. The molecule has 0 aliphatic carbocycles. The summed E-state index contributed by atoms with van der Waals surface area (Å²) in [5, 5.41) is 2.60. The molecule has 3 heteroatoms. The molecule has 0 aliphatic rings. The summed E-state index contributed by atoms with van der Waals surface area (Å²) in [6.07, 6.45) is 10.2. The quantitative estimate of drug-likeness (QED) is 0.469. The molecule has 0 fully saturated rings. The van der Waals surface area contributed by atoms with Gasteiger partial charge in [-0.2, -0.15) is 0 Å². The molecule has 0 aliphatic heterocycles. The Hall–Kier alpha value is -1.64. The van der Waals surface area contributed by atoms with Crippen molar-refractivity contribution in [2.45, 2.75) is 51.4 Å². The summed E-state index contributed by atoms with van der Waals surface area (Å²) < 4.78 is 13.3. The number of unbranched alkanes of at least 4 members (excludes halogenated alkanes) is 6. The van der Waals surface area contributed by atoms with Crippen LogP contribution in [-0.2, 0) is 4.79 Å². The first-order valence-electron chi connectivity index (χ1n) is 7.39. The maximum Gasteiger partial charge on any atom is 0.224 e. The lowest BCUT2D eigenvalue weighted by Crippen LogP contribution is -2.12. The minimum atomic E-state index is -0.386. The van der Waals surface area contributed by atoms with Crippen molar-refractivity contribution < 1.29 is 9.18 Å². The van der Waals surface area contributed by atoms with Crippen LogP contribution in [0.3, 0.4) is 0 Å². The van der Waals surface area contributed by atoms with E-state index in [9.17, 15) is 9.18 Å². The Bertz CT molecular complexity index is 417. The molecule has 0 bridgehead atoms. The number of carbonyl (C=O) groups is 1. The number of rotatable bonds is 10. The zero-order valence-corrected chi connectivity index (χ0v) is 12.0. The third-order valence-corrected chi connectivity index (χ3v) is 3.21. The van der Waals surface area contributed by atoms with Crippen molar-refractivity contribution in [3.8, 4) is 0 Å². The van der Waals surface area contributed by atoms with Gasteiger partial charge in [0.25, 0.3) is 0 Å². The van der Waals surface area contributed by atoms with E-state index in [2.05, 4.69) is 11.9 Å². The van der Waals surface area contributed by atoms with Crippen molar-refractivity contribution in [1.82, 2.24) is 0 Å². The highest BCUT2D eigenvalue weighted by molar-refractivity contribution is 5.90. The Labute approximate surface area is 121 Å². The van der Waals surface area contributed by atoms with E-state index in [0.717, 1.165) is 25.7 Å². The monoisotopic (exact) mass is 277 g/mol. The normalized spacial score (nSPS) is 10.2. The van der Waals surface area contributed by atoms with Gasteiger partial charge in [-0.25, -0.2) is 4.39 Å². The number of carbonyl (C=O) groups excluding carboxylic acids is 1. The standard InChI is InChI=1S/C17H24FNO/c1-2-3-4-5-6-7-8-9-14-17(20)19-16-13-11-10-12-15(16)18/h2,10-13H,1,3-9,14H2,(H,19,20). The summed E-state index contributed by atoms with van der Waals surface area (Å²) in [6.45, 7) is 3.70. The number of hydrogen-bond acceptors (Lipinski definition) is 1. The number of benzene rings is 1. The fourth-order valence-corrected chi connectivity index (χ4v) is 2.06. The minimum Gasteiger partial charge on any atom is -0.324 e. The van der Waals surface area contributed by atoms with Crippen LogP contribution in [0.25, 0.3) is 0 Å². The van der Waals surface area contributed by atoms with Gasteiger partial charge in [0.15, 0.2) is 0 Å². The van der Waals surface area contributed by atoms with Gasteiger partial charge in [-0.1, -0.05) is 43.9 Å². The summed E-state index contributed by atoms with van der Waals surface area (Å²) >= 11 is 0. The molecule has 1 aromatic carbocycles. The van der Waals surface area contributed by atoms with Gasteiger partial charge in [-0.3, -0.25) is 4.79 Å². The lowest BCUT2D eigenvalue weighted by Gasteiger charge is -2.06. The summed E-state index contributed by atoms with van der Waals surface area (Å²) in [6, 6.07) is 6.24. The molecule has 0 unspecified atom stereocenters. The Morgan fingerprint density at radius 1 is 1.10 bits per heavy atom. The van der Waals surface area contributed by atoms with Gasteiger partial charge in [0.1, 0.15) is 5.82 Å². The zero-order valence-electron chi connectivity index (χ0n) is 12.0. The molecule has 0 aromatic heterocycles. The molecule has 0 spiro atoms. The molecule has 0 saturated heterocycles. The van der Waals surface area contributed by atoms with E-state index in [-0.39, 0.29) is 17.4 Å². The van der Waals surface area contributed by atoms with Gasteiger partial charge in [-0.15, -0.1) is 6.58 Å². The molecule has 110 valence electrons. The number of amides is 1. The highest BCUT2D eigenvalue weighted by Crippen LogP contribution is 2.14. The Balaban J connectivity index is 2.06. The lowest BCUT2D eigenvalue weighted by atomic mass is 10.1. The molecule has 0 saturated carbocycles. The Morgan fingerprint density at radius 3 is 2.45 bits per heavy atom. The molecule has 1 N–H and O–H groups in total. The van der Waals surface area contributed by atoms with Crippen molar-refractivity contribution in [1.29, 1.82) is 0 Å². The smallest absolute Gasteiger partial charge is 0.224 e. The van der Waals surface area contributed by atoms with Gasteiger partial charge in [0.05, 0.1) is 5.69 Å². The van der Waals surface area contributed by atoms with E-state index >= 15 is 0 Å². The van der Waals surface area contributed by atoms with Crippen molar-refractivity contribution in [3.05, 3.63) is 42.7 Å². The average molecular weight is 277 g/mol. The van der Waals surface area contributed by atoms with Crippen LogP contribution in [-0.4, -0.2) is 5.91 Å². The second-order valence-electron chi connectivity index (χ2n) is 4.98. The molecule has 1 rings (SSSR count). The van der Waals surface area contributed by atoms with Gasteiger partial charge in [0, 0.05) is 6.42 Å². The Morgan fingerprint density at radius 2 is 1.75 bits per heavy atom. The van der Waals surface area contributed by atoms with Gasteiger partial charge in [-0.05, 0) is 31.4 Å². The van der Waals surface area contributed by atoms with E-state index in [0.29, 0.717) is 6.42 Å². The number of para-hydroxylation sites is 1. The summed E-state index contributed by atoms with van der Waals surface area (Å²) in [4.78, 5) is 11.6. The summed E-state index contributed by atoms with van der Waals surface area (Å²) in [5.74, 6) is -0.496. The van der Waals surface area contributed by atoms with Crippen molar-refractivity contribution in [2.24, 2.45) is 0 Å². The predicted octanol–water partition coefficient (Wildman–Crippen LogP) is 5.07. The fraction of sp³-hybridized carbons (Fsp3) is 0.471. The molecule has 1 amide bonds. The molecular weight excluding hydrogens is 253 g/mol. The van der Waals surface area contributed by atoms with E-state index in [1.54, 1.807) is 18.2 Å². The highest BCUT2D eigenvalue weighted by Gasteiger charge is 2.05. The summed E-state index contributed by atoms with van der Waals surface area (Å²) in [7, 11) is 0. The SMILES string of the molecule is C=CCCCCCCCCC(=O)Nc1ccccc1F. The first kappa shape index (κ1) is 16.4. The van der Waals surface area contributed by atoms with Gasteiger partial charge in [0.2, 0.25) is 5.91 Å². The lowest BCUT2D eigenvalue weighted by molar-refractivity contribution is -0.116. The van der Waals surface area contributed by atoms with E-state index < -0.39 is 0 Å². The van der Waals surface area contributed by atoms with Crippen LogP contribution < -0.4 is 5.32 Å². The zero-order chi connectivity index (χ0) is 14.6. The van der Waals surface area contributed by atoms with E-state index in [4.69, 9.17) is 0 Å². The molecule has 0 radical (unpaired) electrons. The van der Waals surface area contributed by atoms with Crippen molar-refractivity contribution in [2.75, 3.05) is 5.32 Å². The van der Waals surface area contributed by atoms with Gasteiger partial charge >= 0.3 is 0 Å². The maximum absolute atomic E-state index is 13.3. The molecule has 0 heterocycles. The summed E-state index contributed by atoms with van der Waals surface area (Å²) in [5.41, 5.74) is 0.266. The topological polar surface area (TPSA) is 29.1 Å². The number of nitrogens with one attached hydrogen (secondary N) is 1. The third kappa shape index (κ3) is 7.07. The van der Waals surface area contributed by atoms with Crippen LogP contribution in [0, 0.1) is 5.82 Å². The third-order valence-electron chi connectivity index (χ3n) is 3.21. The van der Waals surface area contributed by atoms with Crippen LogP contribution in [0.4, 0.5) is 10.1 Å². The number of anilines is 1. The minimum absolute atomic E-state index is 0.109. The molecule has 20 heavy (non-hydrogen) atoms. The van der Waals surface area contributed by atoms with Crippen LogP contribution in [0.5, 0.6) is 0 Å².